The van der Waals surface area contributed by atoms with Crippen LogP contribution in [-0.4, -0.2) is 34.1 Å². The Kier molecular flexibility index (Phi) is 5.22. The van der Waals surface area contributed by atoms with Gasteiger partial charge in [-0.05, 0) is 17.7 Å². The van der Waals surface area contributed by atoms with Gasteiger partial charge in [0, 0.05) is 20.3 Å². The van der Waals surface area contributed by atoms with Crippen LogP contribution >= 0.6 is 0 Å². The fourth-order valence-corrected chi connectivity index (χ4v) is 1.64. The zero-order valence-electron chi connectivity index (χ0n) is 11.2. The molecule has 1 atom stereocenters. The lowest BCUT2D eigenvalue weighted by molar-refractivity contribution is -0.141. The summed E-state index contributed by atoms with van der Waals surface area (Å²) in [6.07, 6.45) is 0.112. The van der Waals surface area contributed by atoms with Crippen LogP contribution in [0.4, 0.5) is 5.69 Å². The fraction of sp³-hybridized carbons (Fsp3) is 0.308. The first-order valence-corrected chi connectivity index (χ1v) is 5.89. The molecule has 0 bridgehead atoms. The number of rotatable bonds is 5. The molecule has 0 radical (unpaired) electrons. The van der Waals surface area contributed by atoms with Gasteiger partial charge in [-0.3, -0.25) is 14.8 Å². The van der Waals surface area contributed by atoms with Crippen molar-refractivity contribution in [3.63, 3.8) is 0 Å². The van der Waals surface area contributed by atoms with Crippen molar-refractivity contribution in [1.82, 2.24) is 5.32 Å². The van der Waals surface area contributed by atoms with Gasteiger partial charge in [0.1, 0.15) is 6.04 Å². The molecule has 7 heteroatoms. The number of anilines is 1. The molecule has 1 rings (SSSR count). The molecule has 0 spiro atoms. The Labute approximate surface area is 115 Å². The van der Waals surface area contributed by atoms with Crippen LogP contribution in [-0.2, 0) is 20.8 Å². The van der Waals surface area contributed by atoms with Crippen LogP contribution in [0, 0.1) is 0 Å². The van der Waals surface area contributed by atoms with Gasteiger partial charge in [0.05, 0.1) is 5.69 Å². The van der Waals surface area contributed by atoms with Crippen LogP contribution < -0.4 is 10.4 Å². The van der Waals surface area contributed by atoms with Crippen LogP contribution in [0.5, 0.6) is 0 Å². The Balaban J connectivity index is 2.80. The summed E-state index contributed by atoms with van der Waals surface area (Å²) >= 11 is 0. The van der Waals surface area contributed by atoms with Crippen LogP contribution in [0.3, 0.4) is 0 Å². The van der Waals surface area contributed by atoms with Gasteiger partial charge in [0.2, 0.25) is 11.8 Å². The van der Waals surface area contributed by atoms with Gasteiger partial charge in [-0.2, -0.15) is 5.06 Å². The maximum absolute atomic E-state index is 11.0. The molecule has 1 aromatic rings. The SMILES string of the molecule is CC(=O)N[C@H](Cc1ccc(N(O)C(C)=O)cc1)C(=O)O. The fourth-order valence-electron chi connectivity index (χ4n) is 1.64. The van der Waals surface area contributed by atoms with Gasteiger partial charge in [0.15, 0.2) is 0 Å². The van der Waals surface area contributed by atoms with Crippen LogP contribution in [0.15, 0.2) is 24.3 Å². The summed E-state index contributed by atoms with van der Waals surface area (Å²) < 4.78 is 0. The minimum atomic E-state index is -1.13. The first-order chi connectivity index (χ1) is 9.31. The molecular weight excluding hydrogens is 264 g/mol. The quantitative estimate of drug-likeness (QED) is 0.539. The average Bonchev–Trinajstić information content (AvgIpc) is 2.37. The van der Waals surface area contributed by atoms with E-state index in [1.807, 2.05) is 0 Å². The second kappa shape index (κ2) is 6.67. The molecule has 0 aliphatic rings. The van der Waals surface area contributed by atoms with E-state index in [2.05, 4.69) is 5.32 Å². The van der Waals surface area contributed by atoms with E-state index >= 15 is 0 Å². The van der Waals surface area contributed by atoms with Crippen molar-refractivity contribution in [2.24, 2.45) is 0 Å². The molecule has 0 heterocycles. The lowest BCUT2D eigenvalue weighted by Crippen LogP contribution is -2.41. The number of carbonyl (C=O) groups excluding carboxylic acids is 2. The predicted molar refractivity (Wildman–Crippen MR) is 70.3 cm³/mol. The van der Waals surface area contributed by atoms with E-state index in [1.54, 1.807) is 12.1 Å². The lowest BCUT2D eigenvalue weighted by atomic mass is 10.1. The van der Waals surface area contributed by atoms with Crippen LogP contribution in [0.1, 0.15) is 19.4 Å². The van der Waals surface area contributed by atoms with Gasteiger partial charge >= 0.3 is 5.97 Å². The first kappa shape index (κ1) is 15.6. The maximum Gasteiger partial charge on any atom is 0.326 e. The van der Waals surface area contributed by atoms with E-state index in [0.717, 1.165) is 0 Å². The predicted octanol–water partition coefficient (Wildman–Crippen LogP) is 0.560. The lowest BCUT2D eigenvalue weighted by Gasteiger charge is -2.15. The average molecular weight is 280 g/mol. The third kappa shape index (κ3) is 4.36. The second-order valence-corrected chi connectivity index (χ2v) is 4.29. The summed E-state index contributed by atoms with van der Waals surface area (Å²) in [4.78, 5) is 32.9. The molecule has 0 saturated heterocycles. The van der Waals surface area contributed by atoms with Crippen molar-refractivity contribution in [3.05, 3.63) is 29.8 Å². The summed E-state index contributed by atoms with van der Waals surface area (Å²) in [5.41, 5.74) is 0.944. The minimum Gasteiger partial charge on any atom is -0.480 e. The normalized spacial score (nSPS) is 11.6. The number of carbonyl (C=O) groups is 3. The molecule has 20 heavy (non-hydrogen) atoms. The highest BCUT2D eigenvalue weighted by Crippen LogP contribution is 2.15. The molecule has 0 aromatic heterocycles. The summed E-state index contributed by atoms with van der Waals surface area (Å²) in [5, 5.41) is 21.2. The Morgan fingerprint density at radius 2 is 1.75 bits per heavy atom. The van der Waals surface area contributed by atoms with Crippen molar-refractivity contribution in [1.29, 1.82) is 0 Å². The minimum absolute atomic E-state index is 0.112. The Hall–Kier alpha value is -2.41. The van der Waals surface area contributed by atoms with Crippen molar-refractivity contribution < 1.29 is 24.7 Å². The molecule has 7 nitrogen and oxygen atoms in total. The van der Waals surface area contributed by atoms with Gasteiger partial charge in [-0.25, -0.2) is 4.79 Å². The number of hydrogen-bond acceptors (Lipinski definition) is 4. The third-order valence-corrected chi connectivity index (χ3v) is 2.59. The third-order valence-electron chi connectivity index (χ3n) is 2.59. The highest BCUT2D eigenvalue weighted by atomic mass is 16.5. The van der Waals surface area contributed by atoms with E-state index in [0.29, 0.717) is 10.6 Å². The van der Waals surface area contributed by atoms with E-state index in [1.165, 1.54) is 26.0 Å². The van der Waals surface area contributed by atoms with E-state index in [-0.39, 0.29) is 12.1 Å². The van der Waals surface area contributed by atoms with Crippen molar-refractivity contribution >= 4 is 23.5 Å². The number of amides is 2. The molecule has 2 amide bonds. The smallest absolute Gasteiger partial charge is 0.326 e. The second-order valence-electron chi connectivity index (χ2n) is 4.29. The highest BCUT2D eigenvalue weighted by molar-refractivity contribution is 5.88. The zero-order valence-corrected chi connectivity index (χ0v) is 11.2. The maximum atomic E-state index is 11.0. The first-order valence-electron chi connectivity index (χ1n) is 5.89. The van der Waals surface area contributed by atoms with Gasteiger partial charge in [0.25, 0.3) is 0 Å². The number of hydrogen-bond donors (Lipinski definition) is 3. The molecule has 108 valence electrons. The molecule has 1 aromatic carbocycles. The van der Waals surface area contributed by atoms with E-state index < -0.39 is 23.8 Å². The van der Waals surface area contributed by atoms with Crippen molar-refractivity contribution in [3.8, 4) is 0 Å². The van der Waals surface area contributed by atoms with Crippen LogP contribution in [0.25, 0.3) is 0 Å². The number of nitrogens with one attached hydrogen (secondary N) is 1. The van der Waals surface area contributed by atoms with Gasteiger partial charge < -0.3 is 10.4 Å². The number of nitrogens with zero attached hydrogens (tertiary/aromatic N) is 1. The number of carboxylic acid groups (broad SMARTS) is 1. The standard InChI is InChI=1S/C13H16N2O5/c1-8(16)14-12(13(18)19)7-10-3-5-11(6-4-10)15(20)9(2)17/h3-6,12,20H,7H2,1-2H3,(H,14,16)(H,18,19)/t12-/m1/s1. The molecule has 0 unspecified atom stereocenters. The Bertz CT molecular complexity index is 512. The highest BCUT2D eigenvalue weighted by Gasteiger charge is 2.19. The van der Waals surface area contributed by atoms with Gasteiger partial charge in [-0.15, -0.1) is 0 Å². The molecule has 0 fully saturated rings. The molecule has 0 aliphatic carbocycles. The summed E-state index contributed by atoms with van der Waals surface area (Å²) in [6.45, 7) is 2.46. The molecule has 3 N–H and O–H groups in total. The monoisotopic (exact) mass is 280 g/mol. The van der Waals surface area contributed by atoms with Crippen molar-refractivity contribution in [2.75, 3.05) is 5.06 Å². The number of benzene rings is 1. The van der Waals surface area contributed by atoms with E-state index in [4.69, 9.17) is 5.11 Å². The van der Waals surface area contributed by atoms with Gasteiger partial charge in [-0.1, -0.05) is 12.1 Å². The Morgan fingerprint density at radius 3 is 2.15 bits per heavy atom. The largest absolute Gasteiger partial charge is 0.480 e. The zero-order chi connectivity index (χ0) is 15.3. The van der Waals surface area contributed by atoms with Crippen molar-refractivity contribution in [2.45, 2.75) is 26.3 Å². The topological polar surface area (TPSA) is 107 Å². The number of hydroxylamine groups is 1. The molecule has 0 aliphatic heterocycles. The molecule has 0 saturated carbocycles. The van der Waals surface area contributed by atoms with E-state index in [9.17, 15) is 19.6 Å². The summed E-state index contributed by atoms with van der Waals surface area (Å²) in [7, 11) is 0. The summed E-state index contributed by atoms with van der Waals surface area (Å²) in [6, 6.07) is 5.13. The van der Waals surface area contributed by atoms with Crippen LogP contribution in [0.2, 0.25) is 0 Å². The molecular formula is C13H16N2O5. The number of aliphatic carboxylic acids is 1. The summed E-state index contributed by atoms with van der Waals surface area (Å²) in [5.74, 6) is -2.08. The Morgan fingerprint density at radius 1 is 1.20 bits per heavy atom. The number of carboxylic acids is 1.